The van der Waals surface area contributed by atoms with E-state index in [0.717, 1.165) is 17.5 Å². The Morgan fingerprint density at radius 1 is 1.12 bits per heavy atom. The van der Waals surface area contributed by atoms with Crippen LogP contribution in [0.1, 0.15) is 17.5 Å². The van der Waals surface area contributed by atoms with E-state index in [1.807, 2.05) is 54.6 Å². The van der Waals surface area contributed by atoms with Crippen molar-refractivity contribution in [1.82, 2.24) is 9.80 Å². The maximum atomic E-state index is 12.7. The first kappa shape index (κ1) is 18.5. The molecule has 4 nitrogen and oxygen atoms in total. The van der Waals surface area contributed by atoms with Crippen LogP contribution in [0.5, 0.6) is 0 Å². The van der Waals surface area contributed by atoms with Gasteiger partial charge < -0.3 is 9.80 Å². The van der Waals surface area contributed by atoms with E-state index in [2.05, 4.69) is 0 Å². The SMILES string of the molecule is CN(Cc1ccccc1)C(=O)C1CC(=O)N(CCc2ccc(Cl)cc2)C1. The van der Waals surface area contributed by atoms with E-state index in [1.54, 1.807) is 16.8 Å². The highest BCUT2D eigenvalue weighted by Gasteiger charge is 2.35. The smallest absolute Gasteiger partial charge is 0.228 e. The van der Waals surface area contributed by atoms with Gasteiger partial charge in [0, 0.05) is 38.1 Å². The zero-order valence-electron chi connectivity index (χ0n) is 14.9. The molecule has 1 heterocycles. The number of likely N-dealkylation sites (tertiary alicyclic amines) is 1. The molecular formula is C21H23ClN2O2. The summed E-state index contributed by atoms with van der Waals surface area (Å²) in [4.78, 5) is 28.5. The lowest BCUT2D eigenvalue weighted by molar-refractivity contribution is -0.135. The van der Waals surface area contributed by atoms with Crippen molar-refractivity contribution >= 4 is 23.4 Å². The molecule has 1 atom stereocenters. The molecule has 3 rings (SSSR count). The average molecular weight is 371 g/mol. The predicted octanol–water partition coefficient (Wildman–Crippen LogP) is 3.39. The Hall–Kier alpha value is -2.33. The van der Waals surface area contributed by atoms with Crippen molar-refractivity contribution in [2.24, 2.45) is 5.92 Å². The van der Waals surface area contributed by atoms with E-state index >= 15 is 0 Å². The maximum Gasteiger partial charge on any atom is 0.228 e. The van der Waals surface area contributed by atoms with Gasteiger partial charge in [-0.3, -0.25) is 9.59 Å². The van der Waals surface area contributed by atoms with Crippen LogP contribution in [0, 0.1) is 5.92 Å². The van der Waals surface area contributed by atoms with E-state index in [0.29, 0.717) is 31.1 Å². The van der Waals surface area contributed by atoms with Crippen LogP contribution in [0.2, 0.25) is 5.02 Å². The highest BCUT2D eigenvalue weighted by Crippen LogP contribution is 2.21. The summed E-state index contributed by atoms with van der Waals surface area (Å²) in [5.74, 6) is -0.150. The molecule has 0 spiro atoms. The summed E-state index contributed by atoms with van der Waals surface area (Å²) in [5.41, 5.74) is 2.23. The van der Waals surface area contributed by atoms with Crippen molar-refractivity contribution in [2.75, 3.05) is 20.1 Å². The fourth-order valence-electron chi connectivity index (χ4n) is 3.32. The van der Waals surface area contributed by atoms with Gasteiger partial charge in [0.15, 0.2) is 0 Å². The summed E-state index contributed by atoms with van der Waals surface area (Å²) >= 11 is 5.90. The van der Waals surface area contributed by atoms with Gasteiger partial charge in [-0.25, -0.2) is 0 Å². The van der Waals surface area contributed by atoms with Crippen LogP contribution in [0.3, 0.4) is 0 Å². The van der Waals surface area contributed by atoms with Crippen LogP contribution in [0.25, 0.3) is 0 Å². The number of halogens is 1. The van der Waals surface area contributed by atoms with E-state index in [1.165, 1.54) is 0 Å². The van der Waals surface area contributed by atoms with Gasteiger partial charge in [0.1, 0.15) is 0 Å². The predicted molar refractivity (Wildman–Crippen MR) is 103 cm³/mol. The molecule has 0 aromatic heterocycles. The van der Waals surface area contributed by atoms with Gasteiger partial charge in [0.25, 0.3) is 0 Å². The van der Waals surface area contributed by atoms with Crippen LogP contribution >= 0.6 is 11.6 Å². The molecule has 0 N–H and O–H groups in total. The molecular weight excluding hydrogens is 348 g/mol. The Balaban J connectivity index is 1.53. The number of carbonyl (C=O) groups is 2. The Labute approximate surface area is 159 Å². The highest BCUT2D eigenvalue weighted by molar-refractivity contribution is 6.30. The summed E-state index contributed by atoms with van der Waals surface area (Å²) in [6, 6.07) is 17.5. The first-order chi connectivity index (χ1) is 12.5. The Morgan fingerprint density at radius 2 is 1.81 bits per heavy atom. The van der Waals surface area contributed by atoms with Crippen molar-refractivity contribution < 1.29 is 9.59 Å². The second-order valence-corrected chi connectivity index (χ2v) is 7.23. The number of hydrogen-bond donors (Lipinski definition) is 0. The molecule has 1 fully saturated rings. The van der Waals surface area contributed by atoms with Gasteiger partial charge >= 0.3 is 0 Å². The Kier molecular flexibility index (Phi) is 5.94. The van der Waals surface area contributed by atoms with Gasteiger partial charge in [-0.15, -0.1) is 0 Å². The first-order valence-electron chi connectivity index (χ1n) is 8.84. The van der Waals surface area contributed by atoms with Crippen LogP contribution in [-0.4, -0.2) is 41.8 Å². The fraction of sp³-hybridized carbons (Fsp3) is 0.333. The third-order valence-corrected chi connectivity index (χ3v) is 5.04. The summed E-state index contributed by atoms with van der Waals surface area (Å²) < 4.78 is 0. The van der Waals surface area contributed by atoms with E-state index in [-0.39, 0.29) is 17.7 Å². The van der Waals surface area contributed by atoms with E-state index in [4.69, 9.17) is 11.6 Å². The maximum absolute atomic E-state index is 12.7. The van der Waals surface area contributed by atoms with Crippen molar-refractivity contribution in [3.05, 3.63) is 70.7 Å². The minimum absolute atomic E-state index is 0.0381. The molecule has 0 bridgehead atoms. The van der Waals surface area contributed by atoms with Gasteiger partial charge in [0.2, 0.25) is 11.8 Å². The topological polar surface area (TPSA) is 40.6 Å². The van der Waals surface area contributed by atoms with Crippen molar-refractivity contribution in [3.63, 3.8) is 0 Å². The number of nitrogens with zero attached hydrogens (tertiary/aromatic N) is 2. The molecule has 1 aliphatic heterocycles. The lowest BCUT2D eigenvalue weighted by atomic mass is 10.1. The lowest BCUT2D eigenvalue weighted by Gasteiger charge is -2.21. The minimum Gasteiger partial charge on any atom is -0.342 e. The zero-order valence-corrected chi connectivity index (χ0v) is 15.7. The fourth-order valence-corrected chi connectivity index (χ4v) is 3.44. The normalized spacial score (nSPS) is 16.8. The average Bonchev–Trinajstić information content (AvgIpc) is 3.02. The lowest BCUT2D eigenvalue weighted by Crippen LogP contribution is -2.34. The molecule has 1 saturated heterocycles. The number of rotatable bonds is 6. The van der Waals surface area contributed by atoms with Gasteiger partial charge in [-0.1, -0.05) is 54.1 Å². The minimum atomic E-state index is -0.249. The molecule has 136 valence electrons. The van der Waals surface area contributed by atoms with E-state index < -0.39 is 0 Å². The van der Waals surface area contributed by atoms with Crippen LogP contribution in [-0.2, 0) is 22.6 Å². The first-order valence-corrected chi connectivity index (χ1v) is 9.22. The molecule has 0 saturated carbocycles. The third-order valence-electron chi connectivity index (χ3n) is 4.79. The second-order valence-electron chi connectivity index (χ2n) is 6.80. The second kappa shape index (κ2) is 8.37. The van der Waals surface area contributed by atoms with E-state index in [9.17, 15) is 9.59 Å². The van der Waals surface area contributed by atoms with Crippen molar-refractivity contribution in [3.8, 4) is 0 Å². The third kappa shape index (κ3) is 4.64. The van der Waals surface area contributed by atoms with Gasteiger partial charge in [-0.05, 0) is 29.7 Å². The molecule has 1 unspecified atom stereocenters. The summed E-state index contributed by atoms with van der Waals surface area (Å²) in [6.45, 7) is 1.70. The van der Waals surface area contributed by atoms with Crippen molar-refractivity contribution in [2.45, 2.75) is 19.4 Å². The van der Waals surface area contributed by atoms with Crippen LogP contribution in [0.15, 0.2) is 54.6 Å². The summed E-state index contributed by atoms with van der Waals surface area (Å²) in [5, 5.41) is 0.707. The molecule has 2 amide bonds. The Morgan fingerprint density at radius 3 is 2.50 bits per heavy atom. The standard InChI is InChI=1S/C21H23ClN2O2/c1-23(14-17-5-3-2-4-6-17)21(26)18-13-20(25)24(15-18)12-11-16-7-9-19(22)10-8-16/h2-10,18H,11-15H2,1H3. The summed E-state index contributed by atoms with van der Waals surface area (Å²) in [7, 11) is 1.80. The molecule has 26 heavy (non-hydrogen) atoms. The summed E-state index contributed by atoms with van der Waals surface area (Å²) in [6.07, 6.45) is 1.07. The number of hydrogen-bond acceptors (Lipinski definition) is 2. The number of carbonyl (C=O) groups excluding carboxylic acids is 2. The molecule has 0 aliphatic carbocycles. The molecule has 1 aliphatic rings. The van der Waals surface area contributed by atoms with Crippen LogP contribution in [0.4, 0.5) is 0 Å². The Bertz CT molecular complexity index is 761. The van der Waals surface area contributed by atoms with Crippen LogP contribution < -0.4 is 0 Å². The number of amides is 2. The molecule has 2 aromatic carbocycles. The number of benzene rings is 2. The molecule has 0 radical (unpaired) electrons. The largest absolute Gasteiger partial charge is 0.342 e. The van der Waals surface area contributed by atoms with Gasteiger partial charge in [0.05, 0.1) is 5.92 Å². The van der Waals surface area contributed by atoms with Crippen molar-refractivity contribution in [1.29, 1.82) is 0 Å². The van der Waals surface area contributed by atoms with Gasteiger partial charge in [-0.2, -0.15) is 0 Å². The highest BCUT2D eigenvalue weighted by atomic mass is 35.5. The zero-order chi connectivity index (χ0) is 18.5. The molecule has 5 heteroatoms. The monoisotopic (exact) mass is 370 g/mol. The molecule has 2 aromatic rings. The quantitative estimate of drug-likeness (QED) is 0.782.